The number of nitrogens with one attached hydrogen (secondary N) is 1. The summed E-state index contributed by atoms with van der Waals surface area (Å²) in [5.41, 5.74) is 8.01. The summed E-state index contributed by atoms with van der Waals surface area (Å²) in [6.45, 7) is 14.0. The fourth-order valence-corrected chi connectivity index (χ4v) is 2.82. The summed E-state index contributed by atoms with van der Waals surface area (Å²) in [7, 11) is 0. The quantitative estimate of drug-likeness (QED) is 0.794. The van der Waals surface area contributed by atoms with Gasteiger partial charge in [0.05, 0.1) is 6.04 Å². The Kier molecular flexibility index (Phi) is 5.76. The average molecular weight is 264 g/mol. The molecule has 0 fully saturated rings. The molecule has 0 aliphatic rings. The van der Waals surface area contributed by atoms with Gasteiger partial charge in [-0.15, -0.1) is 0 Å². The number of anilines is 1. The van der Waals surface area contributed by atoms with Crippen LogP contribution in [0.25, 0.3) is 0 Å². The van der Waals surface area contributed by atoms with Gasteiger partial charge < -0.3 is 11.1 Å². The van der Waals surface area contributed by atoms with Crippen LogP contribution in [0.3, 0.4) is 0 Å². The number of nitrogen functional groups attached to an aromatic ring is 1. The minimum absolute atomic E-state index is 0.0172. The van der Waals surface area contributed by atoms with Crippen molar-refractivity contribution < 1.29 is 0 Å². The number of hydrogen-bond donors (Lipinski definition) is 2. The Morgan fingerprint density at radius 2 is 1.95 bits per heavy atom. The minimum Gasteiger partial charge on any atom is -0.398 e. The first kappa shape index (κ1) is 15.9. The van der Waals surface area contributed by atoms with Crippen molar-refractivity contribution >= 4 is 5.69 Å². The first-order valence-electron chi connectivity index (χ1n) is 7.16. The number of rotatable bonds is 7. The predicted molar refractivity (Wildman–Crippen MR) is 82.1 cm³/mol. The van der Waals surface area contributed by atoms with E-state index in [2.05, 4.69) is 49.8 Å². The van der Waals surface area contributed by atoms with Crippen LogP contribution in [0.2, 0.25) is 0 Å². The molecule has 1 unspecified atom stereocenters. The second kappa shape index (κ2) is 6.87. The van der Waals surface area contributed by atoms with E-state index in [-0.39, 0.29) is 11.6 Å². The Balaban J connectivity index is 3.16. The Morgan fingerprint density at radius 3 is 2.42 bits per heavy atom. The van der Waals surface area contributed by atoms with E-state index in [9.17, 15) is 0 Å². The van der Waals surface area contributed by atoms with Gasteiger partial charge in [-0.2, -0.15) is 0 Å². The molecule has 1 heterocycles. The lowest BCUT2D eigenvalue weighted by Gasteiger charge is -2.44. The van der Waals surface area contributed by atoms with E-state index in [0.717, 1.165) is 30.9 Å². The third-order valence-corrected chi connectivity index (χ3v) is 3.89. The number of nitrogens with zero attached hydrogens (tertiary/aromatic N) is 2. The highest BCUT2D eigenvalue weighted by atomic mass is 15.2. The second-order valence-corrected chi connectivity index (χ2v) is 5.32. The Bertz CT molecular complexity index is 385. The molecular formula is C15H28N4. The summed E-state index contributed by atoms with van der Waals surface area (Å²) in [5, 5.41) is 3.57. The van der Waals surface area contributed by atoms with Crippen LogP contribution in [0.15, 0.2) is 18.5 Å². The van der Waals surface area contributed by atoms with E-state index in [1.807, 2.05) is 12.3 Å². The van der Waals surface area contributed by atoms with Crippen molar-refractivity contribution in [1.29, 1.82) is 0 Å². The molecule has 1 atom stereocenters. The standard InChI is InChI=1S/C15H28N4/c1-6-18-14(12-11-17-10-9-13(12)16)15(4,5)19(7-2)8-3/h9-11,14,18H,6-8H2,1-5H3,(H2,16,17). The van der Waals surface area contributed by atoms with Gasteiger partial charge in [-0.3, -0.25) is 9.88 Å². The summed E-state index contributed by atoms with van der Waals surface area (Å²) in [5.74, 6) is 0. The molecule has 1 aromatic rings. The predicted octanol–water partition coefficient (Wildman–Crippen LogP) is 2.43. The molecule has 19 heavy (non-hydrogen) atoms. The number of nitrogens with two attached hydrogens (primary N) is 1. The molecule has 0 bridgehead atoms. The van der Waals surface area contributed by atoms with Gasteiger partial charge in [0.15, 0.2) is 0 Å². The number of pyridine rings is 1. The molecule has 108 valence electrons. The molecule has 0 spiro atoms. The first-order chi connectivity index (χ1) is 8.98. The van der Waals surface area contributed by atoms with Crippen LogP contribution in [0, 0.1) is 0 Å². The number of aromatic nitrogens is 1. The zero-order valence-corrected chi connectivity index (χ0v) is 12.9. The van der Waals surface area contributed by atoms with Crippen LogP contribution in [0.4, 0.5) is 5.69 Å². The maximum atomic E-state index is 6.13. The topological polar surface area (TPSA) is 54.2 Å². The van der Waals surface area contributed by atoms with Gasteiger partial charge in [0, 0.05) is 29.2 Å². The highest BCUT2D eigenvalue weighted by molar-refractivity contribution is 5.47. The first-order valence-corrected chi connectivity index (χ1v) is 7.16. The second-order valence-electron chi connectivity index (χ2n) is 5.32. The van der Waals surface area contributed by atoms with Crippen molar-refractivity contribution in [3.05, 3.63) is 24.0 Å². The van der Waals surface area contributed by atoms with Gasteiger partial charge in [-0.05, 0) is 39.5 Å². The van der Waals surface area contributed by atoms with Crippen molar-refractivity contribution in [3.63, 3.8) is 0 Å². The zero-order chi connectivity index (χ0) is 14.5. The average Bonchev–Trinajstić information content (AvgIpc) is 2.38. The maximum Gasteiger partial charge on any atom is 0.0537 e. The lowest BCUT2D eigenvalue weighted by atomic mass is 9.86. The monoisotopic (exact) mass is 264 g/mol. The fourth-order valence-electron chi connectivity index (χ4n) is 2.82. The molecule has 0 radical (unpaired) electrons. The normalized spacial score (nSPS) is 13.8. The van der Waals surface area contributed by atoms with Crippen LogP contribution in [-0.2, 0) is 0 Å². The van der Waals surface area contributed by atoms with E-state index >= 15 is 0 Å². The molecule has 1 aromatic heterocycles. The van der Waals surface area contributed by atoms with E-state index < -0.39 is 0 Å². The van der Waals surface area contributed by atoms with Crippen molar-refractivity contribution in [1.82, 2.24) is 15.2 Å². The third-order valence-electron chi connectivity index (χ3n) is 3.89. The lowest BCUT2D eigenvalue weighted by molar-refractivity contribution is 0.0920. The minimum atomic E-state index is -0.0172. The van der Waals surface area contributed by atoms with Crippen LogP contribution < -0.4 is 11.1 Å². The van der Waals surface area contributed by atoms with Gasteiger partial charge in [0.1, 0.15) is 0 Å². The number of hydrogen-bond acceptors (Lipinski definition) is 4. The molecule has 0 saturated carbocycles. The van der Waals surface area contributed by atoms with Gasteiger partial charge in [-0.1, -0.05) is 20.8 Å². The van der Waals surface area contributed by atoms with E-state index in [1.165, 1.54) is 0 Å². The van der Waals surface area contributed by atoms with Crippen molar-refractivity contribution in [2.24, 2.45) is 0 Å². The van der Waals surface area contributed by atoms with Gasteiger partial charge in [0.2, 0.25) is 0 Å². The Morgan fingerprint density at radius 1 is 1.32 bits per heavy atom. The van der Waals surface area contributed by atoms with Crippen LogP contribution in [-0.4, -0.2) is 35.1 Å². The highest BCUT2D eigenvalue weighted by Crippen LogP contribution is 2.33. The van der Waals surface area contributed by atoms with E-state index in [1.54, 1.807) is 6.20 Å². The lowest BCUT2D eigenvalue weighted by Crippen LogP contribution is -2.52. The fraction of sp³-hybridized carbons (Fsp3) is 0.667. The molecule has 0 aliphatic heterocycles. The Labute approximate surface area is 117 Å². The molecule has 1 rings (SSSR count). The zero-order valence-electron chi connectivity index (χ0n) is 12.9. The molecule has 0 aromatic carbocycles. The van der Waals surface area contributed by atoms with E-state index in [4.69, 9.17) is 5.73 Å². The molecule has 0 amide bonds. The summed E-state index contributed by atoms with van der Waals surface area (Å²) in [4.78, 5) is 6.69. The molecule has 0 aliphatic carbocycles. The van der Waals surface area contributed by atoms with Crippen molar-refractivity contribution in [2.45, 2.75) is 46.2 Å². The van der Waals surface area contributed by atoms with Crippen molar-refractivity contribution in [3.8, 4) is 0 Å². The summed E-state index contributed by atoms with van der Waals surface area (Å²) in [6.07, 6.45) is 3.63. The molecule has 4 heteroatoms. The van der Waals surface area contributed by atoms with Gasteiger partial charge >= 0.3 is 0 Å². The van der Waals surface area contributed by atoms with E-state index in [0.29, 0.717) is 0 Å². The smallest absolute Gasteiger partial charge is 0.0537 e. The largest absolute Gasteiger partial charge is 0.398 e. The molecular weight excluding hydrogens is 236 g/mol. The Hall–Kier alpha value is -1.13. The molecule has 3 N–H and O–H groups in total. The summed E-state index contributed by atoms with van der Waals surface area (Å²) >= 11 is 0. The van der Waals surface area contributed by atoms with Gasteiger partial charge in [-0.25, -0.2) is 0 Å². The maximum absolute atomic E-state index is 6.13. The van der Waals surface area contributed by atoms with Crippen LogP contribution in [0.5, 0.6) is 0 Å². The molecule has 4 nitrogen and oxygen atoms in total. The highest BCUT2D eigenvalue weighted by Gasteiger charge is 2.35. The van der Waals surface area contributed by atoms with Crippen LogP contribution >= 0.6 is 0 Å². The SMILES string of the molecule is CCNC(c1cnccc1N)C(C)(C)N(CC)CC. The summed E-state index contributed by atoms with van der Waals surface area (Å²) in [6, 6.07) is 2.05. The van der Waals surface area contributed by atoms with Crippen LogP contribution in [0.1, 0.15) is 46.2 Å². The third kappa shape index (κ3) is 3.45. The van der Waals surface area contributed by atoms with Crippen molar-refractivity contribution in [2.75, 3.05) is 25.4 Å². The number of likely N-dealkylation sites (N-methyl/N-ethyl adjacent to an activating group) is 2. The van der Waals surface area contributed by atoms with Gasteiger partial charge in [0.25, 0.3) is 0 Å². The molecule has 0 saturated heterocycles. The summed E-state index contributed by atoms with van der Waals surface area (Å²) < 4.78 is 0.